The topological polar surface area (TPSA) is 76.0 Å². The van der Waals surface area contributed by atoms with Gasteiger partial charge in [0, 0.05) is 5.57 Å². The summed E-state index contributed by atoms with van der Waals surface area (Å²) in [5, 5.41) is 21.2. The van der Waals surface area contributed by atoms with Crippen LogP contribution in [0.4, 0.5) is 0 Å². The van der Waals surface area contributed by atoms with Gasteiger partial charge in [0.15, 0.2) is 0 Å². The Morgan fingerprint density at radius 2 is 1.21 bits per heavy atom. The lowest BCUT2D eigenvalue weighted by molar-refractivity contribution is -0.139. The number of cyclic esters (lactones) is 1. The van der Waals surface area contributed by atoms with Crippen LogP contribution in [0.1, 0.15) is 174 Å². The molecule has 2 aliphatic rings. The van der Waals surface area contributed by atoms with Gasteiger partial charge in [-0.1, -0.05) is 122 Å². The lowest BCUT2D eigenvalue weighted by Crippen LogP contribution is -2.30. The molecule has 0 aromatic carbocycles. The highest BCUT2D eigenvalue weighted by Gasteiger charge is 2.33. The maximum Gasteiger partial charge on any atom is 0.334 e. The lowest BCUT2D eigenvalue weighted by atomic mass is 10.0. The molecule has 5 nitrogen and oxygen atoms in total. The Kier molecular flexibility index (Phi) is 21.3. The number of carbonyl (C=O) groups excluding carboxylic acids is 1. The quantitative estimate of drug-likeness (QED) is 0.0566. The van der Waals surface area contributed by atoms with Gasteiger partial charge >= 0.3 is 5.97 Å². The summed E-state index contributed by atoms with van der Waals surface area (Å²) in [5.41, 5.74) is 0.857. The Morgan fingerprint density at radius 3 is 1.79 bits per heavy atom. The van der Waals surface area contributed by atoms with Gasteiger partial charge in [-0.05, 0) is 70.8 Å². The number of aliphatic hydroxyl groups excluding tert-OH is 2. The minimum absolute atomic E-state index is 0.0550. The minimum atomic E-state index is -0.434. The van der Waals surface area contributed by atoms with Crippen LogP contribution in [0.3, 0.4) is 0 Å². The van der Waals surface area contributed by atoms with Crippen molar-refractivity contribution >= 4 is 5.97 Å². The largest absolute Gasteiger partial charge is 0.455 e. The zero-order valence-corrected chi connectivity index (χ0v) is 27.4. The molecule has 1 saturated heterocycles. The third kappa shape index (κ3) is 17.2. The van der Waals surface area contributed by atoms with Gasteiger partial charge < -0.3 is 19.7 Å². The van der Waals surface area contributed by atoms with E-state index in [1.165, 1.54) is 96.3 Å². The van der Waals surface area contributed by atoms with Gasteiger partial charge in [0.05, 0.1) is 24.4 Å². The number of hydrogen-bond acceptors (Lipinski definition) is 5. The predicted octanol–water partition coefficient (Wildman–Crippen LogP) is 9.68. The number of hydrogen-bond donors (Lipinski definition) is 2. The molecule has 0 aromatic rings. The third-order valence-corrected chi connectivity index (χ3v) is 9.15. The van der Waals surface area contributed by atoms with Crippen LogP contribution >= 0.6 is 0 Å². The van der Waals surface area contributed by atoms with E-state index in [4.69, 9.17) is 9.47 Å². The molecule has 0 spiro atoms. The minimum Gasteiger partial charge on any atom is -0.455 e. The van der Waals surface area contributed by atoms with Crippen molar-refractivity contribution in [1.82, 2.24) is 0 Å². The first-order valence-corrected chi connectivity index (χ1v) is 18.1. The second-order valence-electron chi connectivity index (χ2n) is 13.1. The summed E-state index contributed by atoms with van der Waals surface area (Å²) >= 11 is 0. The molecule has 5 heteroatoms. The van der Waals surface area contributed by atoms with Crippen LogP contribution in [-0.2, 0) is 14.3 Å². The van der Waals surface area contributed by atoms with Crippen molar-refractivity contribution in [2.24, 2.45) is 0 Å². The van der Waals surface area contributed by atoms with Gasteiger partial charge in [0.25, 0.3) is 0 Å². The average Bonchev–Trinajstić information content (AvgIpc) is 3.60. The van der Waals surface area contributed by atoms with Crippen LogP contribution in [0.15, 0.2) is 23.8 Å². The average molecular weight is 591 g/mol. The van der Waals surface area contributed by atoms with Crippen molar-refractivity contribution in [2.75, 3.05) is 0 Å². The molecule has 0 radical (unpaired) electrons. The molecule has 2 rings (SSSR count). The van der Waals surface area contributed by atoms with Crippen LogP contribution in [-0.4, -0.2) is 46.7 Å². The first-order chi connectivity index (χ1) is 20.5. The van der Waals surface area contributed by atoms with Gasteiger partial charge in [-0.15, -0.1) is 0 Å². The molecule has 2 N–H and O–H groups in total. The molecule has 2 aliphatic heterocycles. The zero-order valence-electron chi connectivity index (χ0n) is 27.4. The Hall–Kier alpha value is -1.17. The molecule has 244 valence electrons. The van der Waals surface area contributed by atoms with Crippen LogP contribution in [0.25, 0.3) is 0 Å². The van der Waals surface area contributed by atoms with Crippen molar-refractivity contribution in [3.63, 3.8) is 0 Å². The number of esters is 1. The molecule has 42 heavy (non-hydrogen) atoms. The molecule has 0 aliphatic carbocycles. The van der Waals surface area contributed by atoms with E-state index in [0.717, 1.165) is 69.8 Å². The lowest BCUT2D eigenvalue weighted by Gasteiger charge is -2.22. The number of aliphatic hydroxyl groups is 2. The SMILES string of the molecule is CCCCCCCCCCCC/C=C\CC[C@@H](O)[C@H]1CC[C@H]([C@H](O)CCCCCCCCCCC2=C[C@@H](C)OC2=O)O1. The molecule has 0 unspecified atom stereocenters. The molecule has 0 amide bonds. The zero-order chi connectivity index (χ0) is 30.3. The molecular formula is C37H66O5. The molecule has 2 heterocycles. The van der Waals surface area contributed by atoms with Crippen LogP contribution in [0, 0.1) is 0 Å². The summed E-state index contributed by atoms with van der Waals surface area (Å²) in [6.45, 7) is 4.18. The highest BCUT2D eigenvalue weighted by Crippen LogP contribution is 2.28. The summed E-state index contributed by atoms with van der Waals surface area (Å²) < 4.78 is 11.2. The highest BCUT2D eigenvalue weighted by molar-refractivity contribution is 5.90. The summed E-state index contributed by atoms with van der Waals surface area (Å²) in [6.07, 6.45) is 34.5. The van der Waals surface area contributed by atoms with Crippen molar-refractivity contribution in [2.45, 2.75) is 205 Å². The van der Waals surface area contributed by atoms with Gasteiger partial charge in [-0.25, -0.2) is 4.79 Å². The fourth-order valence-corrected chi connectivity index (χ4v) is 6.42. The number of unbranched alkanes of at least 4 members (excludes halogenated alkanes) is 17. The van der Waals surface area contributed by atoms with Crippen molar-refractivity contribution in [1.29, 1.82) is 0 Å². The van der Waals surface area contributed by atoms with Gasteiger partial charge in [0.1, 0.15) is 6.10 Å². The van der Waals surface area contributed by atoms with Crippen molar-refractivity contribution in [3.8, 4) is 0 Å². The van der Waals surface area contributed by atoms with Gasteiger partial charge in [-0.2, -0.15) is 0 Å². The van der Waals surface area contributed by atoms with Crippen LogP contribution in [0.5, 0.6) is 0 Å². The fourth-order valence-electron chi connectivity index (χ4n) is 6.42. The Balaban J connectivity index is 1.37. The highest BCUT2D eigenvalue weighted by atomic mass is 16.5. The molecule has 0 aromatic heterocycles. The molecular weight excluding hydrogens is 524 g/mol. The first kappa shape index (κ1) is 37.0. The standard InChI is InChI=1S/C37H66O5/c1-3-4-5-6-7-8-9-10-11-12-13-17-20-23-26-33(38)35-28-29-36(42-35)34(39)27-24-21-18-15-14-16-19-22-25-32-30-31(2)41-37(32)40/h17,20,30-31,33-36,38-39H,3-16,18-19,21-29H2,1-2H3/b20-17-/t31-,33-,34-,35-,36-/m1/s1. The summed E-state index contributed by atoms with van der Waals surface area (Å²) in [6, 6.07) is 0. The second-order valence-corrected chi connectivity index (χ2v) is 13.1. The van der Waals surface area contributed by atoms with Crippen LogP contribution < -0.4 is 0 Å². The van der Waals surface area contributed by atoms with E-state index < -0.39 is 12.2 Å². The number of carbonyl (C=O) groups is 1. The molecule has 0 bridgehead atoms. The van der Waals surface area contributed by atoms with Crippen molar-refractivity contribution in [3.05, 3.63) is 23.8 Å². The van der Waals surface area contributed by atoms with E-state index in [9.17, 15) is 15.0 Å². The summed E-state index contributed by atoms with van der Waals surface area (Å²) in [7, 11) is 0. The molecule has 1 fully saturated rings. The van der Waals surface area contributed by atoms with E-state index >= 15 is 0 Å². The molecule has 5 atom stereocenters. The Morgan fingerprint density at radius 1 is 0.714 bits per heavy atom. The summed E-state index contributed by atoms with van der Waals surface area (Å²) in [5.74, 6) is -0.128. The summed E-state index contributed by atoms with van der Waals surface area (Å²) in [4.78, 5) is 11.6. The number of ether oxygens (including phenoxy) is 2. The monoisotopic (exact) mass is 590 g/mol. The smallest absolute Gasteiger partial charge is 0.334 e. The maximum atomic E-state index is 11.6. The number of rotatable bonds is 27. The van der Waals surface area contributed by atoms with Gasteiger partial charge in [0.2, 0.25) is 0 Å². The van der Waals surface area contributed by atoms with Gasteiger partial charge in [-0.3, -0.25) is 0 Å². The van der Waals surface area contributed by atoms with E-state index in [0.29, 0.717) is 0 Å². The fraction of sp³-hybridized carbons (Fsp3) is 0.865. The second kappa shape index (κ2) is 24.2. The number of allylic oxidation sites excluding steroid dienone is 2. The third-order valence-electron chi connectivity index (χ3n) is 9.15. The van der Waals surface area contributed by atoms with E-state index in [2.05, 4.69) is 19.1 Å². The normalized spacial score (nSPS) is 22.1. The Labute approximate surface area is 258 Å². The maximum absolute atomic E-state index is 11.6. The molecule has 0 saturated carbocycles. The van der Waals surface area contributed by atoms with E-state index in [1.54, 1.807) is 0 Å². The first-order valence-electron chi connectivity index (χ1n) is 18.1. The van der Waals surface area contributed by atoms with E-state index in [1.807, 2.05) is 13.0 Å². The van der Waals surface area contributed by atoms with Crippen LogP contribution in [0.2, 0.25) is 0 Å². The predicted molar refractivity (Wildman–Crippen MR) is 175 cm³/mol. The van der Waals surface area contributed by atoms with Crippen molar-refractivity contribution < 1.29 is 24.5 Å². The Bertz CT molecular complexity index is 732. The van der Waals surface area contributed by atoms with E-state index in [-0.39, 0.29) is 24.3 Å².